The second kappa shape index (κ2) is 15.2. The van der Waals surface area contributed by atoms with Gasteiger partial charge >= 0.3 is 12.4 Å². The Morgan fingerprint density at radius 3 is 1.33 bits per heavy atom. The van der Waals surface area contributed by atoms with E-state index >= 15 is 0 Å². The Hall–Kier alpha value is -3.78. The zero-order valence-electron chi connectivity index (χ0n) is 24.1. The minimum Gasteiger partial charge on any atom is -0.352 e. The molecule has 2 aromatic carbocycles. The highest BCUT2D eigenvalue weighted by molar-refractivity contribution is 7.22. The third kappa shape index (κ3) is 10.1. The first kappa shape index (κ1) is 35.1. The number of hydrogen-bond acceptors (Lipinski definition) is 4. The second-order valence-electron chi connectivity index (χ2n) is 10.4. The van der Waals surface area contributed by atoms with Gasteiger partial charge in [0.2, 0.25) is 0 Å². The van der Waals surface area contributed by atoms with E-state index < -0.39 is 46.9 Å². The molecule has 2 amide bonds. The van der Waals surface area contributed by atoms with Crippen LogP contribution in [0.15, 0.2) is 60.7 Å². The molecule has 0 aliphatic heterocycles. The molecule has 2 heterocycles. The molecular formula is C32H28F8N2O2S2. The predicted octanol–water partition coefficient (Wildman–Crippen LogP) is 9.30. The van der Waals surface area contributed by atoms with Crippen LogP contribution in [-0.4, -0.2) is 24.9 Å². The SMILES string of the molecule is O=C(NCCCCc1ccc(-c2ccc(CCCCNC(=O)c3cc(F)cc(C(F)(F)F)c3)s2)s1)c1cc(F)cc(C(F)(F)F)c1. The molecule has 0 atom stereocenters. The average molecular weight is 689 g/mol. The number of aryl methyl sites for hydroxylation is 2. The van der Waals surface area contributed by atoms with Crippen molar-refractivity contribution in [1.82, 2.24) is 10.6 Å². The normalized spacial score (nSPS) is 11.9. The van der Waals surface area contributed by atoms with E-state index in [1.54, 1.807) is 22.7 Å². The Kier molecular flexibility index (Phi) is 11.6. The summed E-state index contributed by atoms with van der Waals surface area (Å²) in [6.07, 6.45) is -5.39. The molecule has 4 aromatic rings. The lowest BCUT2D eigenvalue weighted by Gasteiger charge is -2.10. The van der Waals surface area contributed by atoms with E-state index in [4.69, 9.17) is 0 Å². The molecule has 2 aromatic heterocycles. The molecule has 246 valence electrons. The number of carbonyl (C=O) groups is 2. The first-order valence-electron chi connectivity index (χ1n) is 14.2. The second-order valence-corrected chi connectivity index (χ2v) is 12.7. The highest BCUT2D eigenvalue weighted by atomic mass is 32.1. The van der Waals surface area contributed by atoms with Gasteiger partial charge in [-0.15, -0.1) is 22.7 Å². The van der Waals surface area contributed by atoms with Crippen LogP contribution in [0.25, 0.3) is 9.75 Å². The third-order valence-corrected chi connectivity index (χ3v) is 9.30. The van der Waals surface area contributed by atoms with Crippen LogP contribution in [0.4, 0.5) is 35.1 Å². The Morgan fingerprint density at radius 1 is 0.565 bits per heavy atom. The van der Waals surface area contributed by atoms with E-state index in [1.807, 2.05) is 24.3 Å². The van der Waals surface area contributed by atoms with Gasteiger partial charge in [-0.05, 0) is 99.2 Å². The number of unbranched alkanes of at least 4 members (excludes halogenated alkanes) is 2. The Labute approximate surface area is 267 Å². The number of thiophene rings is 2. The van der Waals surface area contributed by atoms with Crippen molar-refractivity contribution in [1.29, 1.82) is 0 Å². The number of nitrogens with one attached hydrogen (secondary N) is 2. The molecule has 14 heteroatoms. The zero-order chi connectivity index (χ0) is 33.5. The van der Waals surface area contributed by atoms with Gasteiger partial charge < -0.3 is 10.6 Å². The van der Waals surface area contributed by atoms with Crippen molar-refractivity contribution in [3.8, 4) is 9.75 Å². The lowest BCUT2D eigenvalue weighted by molar-refractivity contribution is -0.138. The largest absolute Gasteiger partial charge is 0.416 e. The maximum Gasteiger partial charge on any atom is 0.416 e. The first-order chi connectivity index (χ1) is 21.7. The van der Waals surface area contributed by atoms with E-state index in [1.165, 1.54) is 0 Å². The number of halogens is 8. The van der Waals surface area contributed by atoms with Crippen LogP contribution in [0.3, 0.4) is 0 Å². The predicted molar refractivity (Wildman–Crippen MR) is 161 cm³/mol. The van der Waals surface area contributed by atoms with E-state index in [9.17, 15) is 44.7 Å². The lowest BCUT2D eigenvalue weighted by Crippen LogP contribution is -2.25. The van der Waals surface area contributed by atoms with Gasteiger partial charge in [-0.2, -0.15) is 26.3 Å². The summed E-state index contributed by atoms with van der Waals surface area (Å²) < 4.78 is 104. The summed E-state index contributed by atoms with van der Waals surface area (Å²) in [4.78, 5) is 28.8. The topological polar surface area (TPSA) is 58.2 Å². The average Bonchev–Trinajstić information content (AvgIpc) is 3.65. The molecule has 0 saturated carbocycles. The molecule has 0 aliphatic carbocycles. The Morgan fingerprint density at radius 2 is 0.957 bits per heavy atom. The van der Waals surface area contributed by atoms with Crippen LogP contribution in [0, 0.1) is 11.6 Å². The number of amides is 2. The monoisotopic (exact) mass is 688 g/mol. The molecule has 0 bridgehead atoms. The summed E-state index contributed by atoms with van der Waals surface area (Å²) in [5.74, 6) is -3.81. The van der Waals surface area contributed by atoms with Gasteiger partial charge in [0.1, 0.15) is 11.6 Å². The minimum atomic E-state index is -4.75. The summed E-state index contributed by atoms with van der Waals surface area (Å²) in [5, 5.41) is 5.06. The quantitative estimate of drug-likeness (QED) is 0.109. The van der Waals surface area contributed by atoms with Gasteiger partial charge in [0.05, 0.1) is 11.1 Å². The van der Waals surface area contributed by atoms with Gasteiger partial charge in [0, 0.05) is 43.7 Å². The summed E-state index contributed by atoms with van der Waals surface area (Å²) in [6.45, 7) is 0.466. The highest BCUT2D eigenvalue weighted by Gasteiger charge is 2.33. The van der Waals surface area contributed by atoms with Crippen molar-refractivity contribution < 1.29 is 44.7 Å². The van der Waals surface area contributed by atoms with E-state index in [-0.39, 0.29) is 24.2 Å². The van der Waals surface area contributed by atoms with Crippen molar-refractivity contribution in [2.45, 2.75) is 50.9 Å². The van der Waals surface area contributed by atoms with E-state index in [0.717, 1.165) is 57.3 Å². The van der Waals surface area contributed by atoms with Gasteiger partial charge in [0.15, 0.2) is 0 Å². The van der Waals surface area contributed by atoms with Crippen LogP contribution in [0.2, 0.25) is 0 Å². The smallest absolute Gasteiger partial charge is 0.352 e. The van der Waals surface area contributed by atoms with Gasteiger partial charge in [-0.3, -0.25) is 9.59 Å². The molecule has 0 unspecified atom stereocenters. The van der Waals surface area contributed by atoms with Crippen molar-refractivity contribution in [2.75, 3.05) is 13.1 Å². The standard InChI is InChI=1S/C32H28F8N2O2S2/c33-23-15-19(13-21(17-23)31(35,36)37)29(43)41-11-3-1-5-25-7-9-27(45-25)28-10-8-26(46-28)6-2-4-12-42-30(44)20-14-22(32(38,39)40)18-24(34)16-20/h7-10,13-18H,1-6,11-12H2,(H,41,43)(H,42,44). The number of hydrogen-bond donors (Lipinski definition) is 2. The van der Waals surface area contributed by atoms with Crippen LogP contribution in [-0.2, 0) is 25.2 Å². The fourth-order valence-corrected chi connectivity index (χ4v) is 6.70. The molecule has 0 saturated heterocycles. The third-order valence-electron chi connectivity index (χ3n) is 6.81. The van der Waals surface area contributed by atoms with Crippen LogP contribution in [0.5, 0.6) is 0 Å². The van der Waals surface area contributed by atoms with Crippen LogP contribution < -0.4 is 10.6 Å². The summed E-state index contributed by atoms with van der Waals surface area (Å²) in [6, 6.07) is 11.5. The van der Waals surface area contributed by atoms with Gasteiger partial charge in [-0.25, -0.2) is 8.78 Å². The van der Waals surface area contributed by atoms with Crippen LogP contribution in [0.1, 0.15) is 67.3 Å². The number of rotatable bonds is 13. The van der Waals surface area contributed by atoms with Gasteiger partial charge in [0.25, 0.3) is 11.8 Å². The molecule has 2 N–H and O–H groups in total. The van der Waals surface area contributed by atoms with E-state index in [0.29, 0.717) is 37.1 Å². The minimum absolute atomic E-state index is 0.233. The molecule has 46 heavy (non-hydrogen) atoms. The number of alkyl halides is 6. The van der Waals surface area contributed by atoms with Crippen molar-refractivity contribution in [2.24, 2.45) is 0 Å². The molecule has 0 radical (unpaired) electrons. The summed E-state index contributed by atoms with van der Waals surface area (Å²) in [7, 11) is 0. The lowest BCUT2D eigenvalue weighted by atomic mass is 10.1. The summed E-state index contributed by atoms with van der Waals surface area (Å²) in [5.41, 5.74) is -3.21. The Bertz CT molecular complexity index is 1540. The summed E-state index contributed by atoms with van der Waals surface area (Å²) >= 11 is 3.27. The van der Waals surface area contributed by atoms with Crippen LogP contribution >= 0.6 is 22.7 Å². The van der Waals surface area contributed by atoms with Crippen molar-refractivity contribution in [3.63, 3.8) is 0 Å². The molecule has 0 aliphatic rings. The molecule has 0 fully saturated rings. The number of carbonyl (C=O) groups excluding carboxylic acids is 2. The maximum absolute atomic E-state index is 13.6. The molecular weight excluding hydrogens is 660 g/mol. The fourth-order valence-electron chi connectivity index (χ4n) is 4.51. The van der Waals surface area contributed by atoms with Crippen molar-refractivity contribution >= 4 is 34.5 Å². The maximum atomic E-state index is 13.6. The molecule has 4 nitrogen and oxygen atoms in total. The first-order valence-corrected chi connectivity index (χ1v) is 15.8. The highest BCUT2D eigenvalue weighted by Crippen LogP contribution is 2.35. The van der Waals surface area contributed by atoms with Crippen molar-refractivity contribution in [3.05, 3.63) is 104 Å². The zero-order valence-corrected chi connectivity index (χ0v) is 25.7. The number of benzene rings is 2. The molecule has 0 spiro atoms. The molecule has 4 rings (SSSR count). The Balaban J connectivity index is 1.15. The van der Waals surface area contributed by atoms with E-state index in [2.05, 4.69) is 10.6 Å². The van der Waals surface area contributed by atoms with Gasteiger partial charge in [-0.1, -0.05) is 0 Å². The fraction of sp³-hybridized carbons (Fsp3) is 0.312.